The molecular weight excluding hydrogens is 488 g/mol. The molecule has 0 aliphatic carbocycles. The number of furan rings is 1. The first-order valence-corrected chi connectivity index (χ1v) is 11.8. The second-order valence-corrected chi connectivity index (χ2v) is 9.23. The van der Waals surface area contributed by atoms with Gasteiger partial charge in [0, 0.05) is 22.7 Å². The third-order valence-electron chi connectivity index (χ3n) is 4.47. The third-order valence-corrected chi connectivity index (χ3v) is 5.83. The number of methoxy groups -OCH3 is 1. The average molecular weight is 507 g/mol. The Morgan fingerprint density at radius 3 is 2.56 bits per heavy atom. The summed E-state index contributed by atoms with van der Waals surface area (Å²) >= 11 is 5.98. The Kier molecular flexibility index (Phi) is 7.54. The predicted molar refractivity (Wildman–Crippen MR) is 127 cm³/mol. The molecule has 1 heterocycles. The number of carbonyl (C=O) groups is 1. The van der Waals surface area contributed by atoms with Crippen molar-refractivity contribution in [1.29, 1.82) is 0 Å². The fourth-order valence-electron chi connectivity index (χ4n) is 2.90. The largest absolute Gasteiger partial charge is 0.495 e. The van der Waals surface area contributed by atoms with Gasteiger partial charge in [-0.2, -0.15) is 5.10 Å². The van der Waals surface area contributed by atoms with E-state index in [1.165, 1.54) is 43.7 Å². The number of benzene rings is 2. The lowest BCUT2D eigenvalue weighted by atomic mass is 10.1. The van der Waals surface area contributed by atoms with Gasteiger partial charge in [-0.15, -0.1) is 0 Å². The van der Waals surface area contributed by atoms with E-state index < -0.39 is 27.4 Å². The van der Waals surface area contributed by atoms with Gasteiger partial charge in [0.15, 0.2) is 0 Å². The van der Waals surface area contributed by atoms with Crippen molar-refractivity contribution in [2.24, 2.45) is 5.10 Å². The van der Waals surface area contributed by atoms with Gasteiger partial charge >= 0.3 is 0 Å². The summed E-state index contributed by atoms with van der Waals surface area (Å²) in [5, 5.41) is 14.8. The molecule has 3 aromatic rings. The summed E-state index contributed by atoms with van der Waals surface area (Å²) in [4.78, 5) is 22.6. The second kappa shape index (κ2) is 10.4. The lowest BCUT2D eigenvalue weighted by molar-refractivity contribution is -0.384. The molecule has 2 aromatic carbocycles. The zero-order valence-corrected chi connectivity index (χ0v) is 19.5. The number of nitro groups is 1. The maximum Gasteiger partial charge on any atom is 0.269 e. The van der Waals surface area contributed by atoms with Gasteiger partial charge in [-0.05, 0) is 42.5 Å². The Morgan fingerprint density at radius 2 is 1.94 bits per heavy atom. The van der Waals surface area contributed by atoms with Crippen molar-refractivity contribution in [2.45, 2.75) is 0 Å². The number of non-ortho nitro benzene ring substituents is 1. The molecule has 0 bridgehead atoms. The van der Waals surface area contributed by atoms with E-state index in [0.717, 1.165) is 10.6 Å². The zero-order valence-electron chi connectivity index (χ0n) is 18.0. The van der Waals surface area contributed by atoms with Crippen LogP contribution in [0.25, 0.3) is 11.3 Å². The Morgan fingerprint density at radius 1 is 1.24 bits per heavy atom. The Balaban J connectivity index is 1.68. The quantitative estimate of drug-likeness (QED) is 0.266. The number of hydrogen-bond donors (Lipinski definition) is 1. The minimum absolute atomic E-state index is 0.0432. The topological polar surface area (TPSA) is 144 Å². The molecule has 0 aliphatic heterocycles. The lowest BCUT2D eigenvalue weighted by Crippen LogP contribution is -2.39. The maximum atomic E-state index is 12.4. The molecule has 1 N–H and O–H groups in total. The van der Waals surface area contributed by atoms with Crippen molar-refractivity contribution in [3.63, 3.8) is 0 Å². The number of ether oxygens (including phenoxy) is 1. The highest BCUT2D eigenvalue weighted by atomic mass is 35.5. The minimum atomic E-state index is -3.85. The van der Waals surface area contributed by atoms with Crippen molar-refractivity contribution in [3.8, 4) is 17.1 Å². The molecule has 0 atom stereocenters. The van der Waals surface area contributed by atoms with Gasteiger partial charge in [-0.25, -0.2) is 13.8 Å². The molecule has 0 saturated carbocycles. The van der Waals surface area contributed by atoms with Crippen molar-refractivity contribution >= 4 is 45.1 Å². The standard InChI is InChI=1S/C21H19ClN4O7S/c1-32-20-9-5-15(22)11-18(20)25(34(2,30)31)13-21(27)24-23-12-17-8-10-19(33-17)14-3-6-16(7-4-14)26(28)29/h3-12H,13H2,1-2H3,(H,24,27)/b23-12-. The molecule has 13 heteroatoms. The summed E-state index contributed by atoms with van der Waals surface area (Å²) in [6.07, 6.45) is 2.18. The van der Waals surface area contributed by atoms with Crippen molar-refractivity contribution < 1.29 is 27.3 Å². The number of sulfonamides is 1. The van der Waals surface area contributed by atoms with Gasteiger partial charge in [0.2, 0.25) is 10.0 Å². The van der Waals surface area contributed by atoms with E-state index in [2.05, 4.69) is 10.5 Å². The van der Waals surface area contributed by atoms with Gasteiger partial charge in [0.05, 0.1) is 30.2 Å². The van der Waals surface area contributed by atoms with E-state index in [-0.39, 0.29) is 22.1 Å². The van der Waals surface area contributed by atoms with Crippen molar-refractivity contribution in [3.05, 3.63) is 75.5 Å². The number of hydrogen-bond acceptors (Lipinski definition) is 8. The van der Waals surface area contributed by atoms with E-state index in [1.54, 1.807) is 24.3 Å². The number of halogens is 1. The minimum Gasteiger partial charge on any atom is -0.495 e. The molecule has 1 aromatic heterocycles. The first-order chi connectivity index (χ1) is 16.1. The summed E-state index contributed by atoms with van der Waals surface area (Å²) in [6, 6.07) is 13.4. The fraction of sp³-hybridized carbons (Fsp3) is 0.143. The normalized spacial score (nSPS) is 11.4. The molecule has 0 unspecified atom stereocenters. The maximum absolute atomic E-state index is 12.4. The molecule has 0 radical (unpaired) electrons. The average Bonchev–Trinajstić information content (AvgIpc) is 3.25. The SMILES string of the molecule is COc1ccc(Cl)cc1N(CC(=O)N/N=C\c1ccc(-c2ccc([N+](=O)[O-])cc2)o1)S(C)(=O)=O. The number of carbonyl (C=O) groups excluding carboxylic acids is 1. The van der Waals surface area contributed by atoms with Gasteiger partial charge < -0.3 is 9.15 Å². The number of nitrogens with zero attached hydrogens (tertiary/aromatic N) is 3. The highest BCUT2D eigenvalue weighted by Crippen LogP contribution is 2.32. The molecular formula is C21H19ClN4O7S. The smallest absolute Gasteiger partial charge is 0.269 e. The molecule has 34 heavy (non-hydrogen) atoms. The van der Waals surface area contributed by atoms with Crippen LogP contribution < -0.4 is 14.5 Å². The van der Waals surface area contributed by atoms with Crippen LogP contribution >= 0.6 is 11.6 Å². The number of rotatable bonds is 9. The van der Waals surface area contributed by atoms with Crippen LogP contribution in [-0.2, 0) is 14.8 Å². The molecule has 0 aliphatic rings. The van der Waals surface area contributed by atoms with Crippen LogP contribution in [-0.4, -0.2) is 45.4 Å². The molecule has 0 fully saturated rings. The lowest BCUT2D eigenvalue weighted by Gasteiger charge is -2.23. The summed E-state index contributed by atoms with van der Waals surface area (Å²) in [5.74, 6) is 0.246. The Labute approximate surface area is 199 Å². The van der Waals surface area contributed by atoms with Gasteiger partial charge in [-0.3, -0.25) is 19.2 Å². The van der Waals surface area contributed by atoms with Crippen LogP contribution in [0, 0.1) is 10.1 Å². The molecule has 178 valence electrons. The van der Waals surface area contributed by atoms with Gasteiger partial charge in [0.1, 0.15) is 23.8 Å². The molecule has 0 saturated heterocycles. The first-order valence-electron chi connectivity index (χ1n) is 9.56. The van der Waals surface area contributed by atoms with E-state index >= 15 is 0 Å². The molecule has 1 amide bonds. The van der Waals surface area contributed by atoms with E-state index in [1.807, 2.05) is 0 Å². The monoisotopic (exact) mass is 506 g/mol. The highest BCUT2D eigenvalue weighted by molar-refractivity contribution is 7.92. The summed E-state index contributed by atoms with van der Waals surface area (Å²) < 4.78 is 36.2. The second-order valence-electron chi connectivity index (χ2n) is 6.88. The third kappa shape index (κ3) is 6.11. The predicted octanol–water partition coefficient (Wildman–Crippen LogP) is 3.43. The summed E-state index contributed by atoms with van der Waals surface area (Å²) in [5.41, 5.74) is 2.92. The molecule has 11 nitrogen and oxygen atoms in total. The number of amides is 1. The molecule has 3 rings (SSSR count). The fourth-order valence-corrected chi connectivity index (χ4v) is 3.92. The van der Waals surface area contributed by atoms with Gasteiger partial charge in [-0.1, -0.05) is 11.6 Å². The summed E-state index contributed by atoms with van der Waals surface area (Å²) in [7, 11) is -2.49. The van der Waals surface area contributed by atoms with Crippen LogP contribution in [0.2, 0.25) is 5.02 Å². The Hall–Kier alpha value is -3.90. The van der Waals surface area contributed by atoms with E-state index in [9.17, 15) is 23.3 Å². The van der Waals surface area contributed by atoms with Crippen LogP contribution in [0.15, 0.2) is 64.1 Å². The summed E-state index contributed by atoms with van der Waals surface area (Å²) in [6.45, 7) is -0.570. The van der Waals surface area contributed by atoms with Crippen LogP contribution in [0.4, 0.5) is 11.4 Å². The number of hydrazone groups is 1. The van der Waals surface area contributed by atoms with Crippen molar-refractivity contribution in [2.75, 3.05) is 24.2 Å². The highest BCUT2D eigenvalue weighted by Gasteiger charge is 2.24. The zero-order chi connectivity index (χ0) is 24.9. The number of anilines is 1. The van der Waals surface area contributed by atoms with Gasteiger partial charge in [0.25, 0.3) is 11.6 Å². The first kappa shape index (κ1) is 24.7. The van der Waals surface area contributed by atoms with Crippen molar-refractivity contribution in [1.82, 2.24) is 5.43 Å². The number of nitro benzene ring substituents is 1. The van der Waals surface area contributed by atoms with Crippen LogP contribution in [0.5, 0.6) is 5.75 Å². The van der Waals surface area contributed by atoms with E-state index in [4.69, 9.17) is 20.8 Å². The Bertz CT molecular complexity index is 1340. The molecule has 0 spiro atoms. The van der Waals surface area contributed by atoms with Crippen LogP contribution in [0.3, 0.4) is 0 Å². The van der Waals surface area contributed by atoms with Crippen LogP contribution in [0.1, 0.15) is 5.76 Å². The number of nitrogens with one attached hydrogen (secondary N) is 1. The van der Waals surface area contributed by atoms with E-state index in [0.29, 0.717) is 17.1 Å².